The Bertz CT molecular complexity index is 1580. The molecule has 0 aliphatic rings. The van der Waals surface area contributed by atoms with Gasteiger partial charge in [-0.1, -0.05) is 47.7 Å². The molecule has 0 bridgehead atoms. The average molecular weight is 544 g/mol. The molecule has 3 aromatic rings. The molecule has 1 amide bonds. The second kappa shape index (κ2) is 13.5. The predicted octanol–water partition coefficient (Wildman–Crippen LogP) is 5.20. The summed E-state index contributed by atoms with van der Waals surface area (Å²) in [6.07, 6.45) is 10.3. The van der Waals surface area contributed by atoms with Crippen molar-refractivity contribution >= 4 is 12.1 Å². The van der Waals surface area contributed by atoms with Crippen LogP contribution in [0.3, 0.4) is 0 Å². The van der Waals surface area contributed by atoms with Gasteiger partial charge in [-0.05, 0) is 74.9 Å². The van der Waals surface area contributed by atoms with Crippen molar-refractivity contribution in [3.8, 4) is 54.1 Å². The van der Waals surface area contributed by atoms with Gasteiger partial charge in [0.25, 0.3) is 0 Å². The maximum atomic E-state index is 12.9. The van der Waals surface area contributed by atoms with Gasteiger partial charge in [0.1, 0.15) is 11.4 Å². The van der Waals surface area contributed by atoms with Crippen LogP contribution < -0.4 is 10.1 Å². The number of hydrogen-bond acceptors (Lipinski definition) is 5. The lowest BCUT2D eigenvalue weighted by molar-refractivity contribution is -0.143. The van der Waals surface area contributed by atoms with E-state index in [1.165, 1.54) is 14.2 Å². The van der Waals surface area contributed by atoms with Crippen LogP contribution in [0.4, 0.5) is 4.79 Å². The van der Waals surface area contributed by atoms with Crippen LogP contribution in [0.5, 0.6) is 5.75 Å². The number of ether oxygens (including phenoxy) is 3. The number of benzene rings is 3. The van der Waals surface area contributed by atoms with Gasteiger partial charge in [-0.25, -0.2) is 9.59 Å². The monoisotopic (exact) mass is 543 g/mol. The molecule has 0 spiro atoms. The zero-order valence-electron chi connectivity index (χ0n) is 23.5. The first-order chi connectivity index (χ1) is 19.6. The maximum Gasteiger partial charge on any atom is 0.408 e. The molecule has 3 aromatic carbocycles. The Morgan fingerprint density at radius 1 is 0.780 bits per heavy atom. The fourth-order valence-electron chi connectivity index (χ4n) is 3.70. The van der Waals surface area contributed by atoms with Crippen LogP contribution in [0.15, 0.2) is 60.7 Å². The number of hydrogen-bond donors (Lipinski definition) is 1. The molecule has 0 heterocycles. The lowest BCUT2D eigenvalue weighted by atomic mass is 9.98. The molecule has 0 radical (unpaired) electrons. The molecule has 204 valence electrons. The van der Waals surface area contributed by atoms with Gasteiger partial charge in [-0.3, -0.25) is 0 Å². The van der Waals surface area contributed by atoms with Gasteiger partial charge in [-0.15, -0.1) is 12.8 Å². The molecular formula is C35H29NO5. The number of carbonyl (C=O) groups is 2. The quantitative estimate of drug-likeness (QED) is 0.362. The van der Waals surface area contributed by atoms with E-state index in [0.717, 1.165) is 0 Å². The Labute approximate surface area is 241 Å². The predicted molar refractivity (Wildman–Crippen MR) is 158 cm³/mol. The van der Waals surface area contributed by atoms with Crippen molar-refractivity contribution in [2.75, 3.05) is 14.2 Å². The molecule has 0 fully saturated rings. The van der Waals surface area contributed by atoms with Gasteiger partial charge in [0.2, 0.25) is 0 Å². The van der Waals surface area contributed by atoms with Gasteiger partial charge in [0.05, 0.1) is 25.3 Å². The minimum absolute atomic E-state index is 0.367. The number of esters is 1. The second-order valence-electron chi connectivity index (χ2n) is 9.70. The number of methoxy groups -OCH3 is 2. The number of rotatable bonds is 4. The van der Waals surface area contributed by atoms with Crippen LogP contribution in [-0.4, -0.2) is 31.9 Å². The zero-order chi connectivity index (χ0) is 30.0. The summed E-state index contributed by atoms with van der Waals surface area (Å²) >= 11 is 0. The molecule has 6 nitrogen and oxygen atoms in total. The van der Waals surface area contributed by atoms with E-state index in [9.17, 15) is 9.59 Å². The Balaban J connectivity index is 2.21. The Hall–Kier alpha value is -5.56. The first kappa shape index (κ1) is 30.0. The minimum Gasteiger partial charge on any atom is -0.494 e. The summed E-state index contributed by atoms with van der Waals surface area (Å²) < 4.78 is 16.1. The molecule has 41 heavy (non-hydrogen) atoms. The molecule has 1 N–H and O–H groups in total. The number of alkyl carbamates (subject to hydrolysis) is 1. The standard InChI is InChI=1S/C35H29NO5/c1-8-24-12-10-14-26(20-24)16-18-28-22-30(31(33(37)40-7)36-34(38)41-35(3,4)5)23-29(32(28)39-6)19-17-27-15-11-13-25(9-2)21-27/h1-2,10-15,20-23,31H,3-7H3,(H,36,38)/t31-/m1/s1. The molecule has 0 aliphatic carbocycles. The summed E-state index contributed by atoms with van der Waals surface area (Å²) in [6.45, 7) is 5.16. The highest BCUT2D eigenvalue weighted by Crippen LogP contribution is 2.29. The molecular weight excluding hydrogens is 514 g/mol. The summed E-state index contributed by atoms with van der Waals surface area (Å²) in [5, 5.41) is 2.59. The highest BCUT2D eigenvalue weighted by molar-refractivity contribution is 5.83. The van der Waals surface area contributed by atoms with Crippen molar-refractivity contribution in [2.24, 2.45) is 0 Å². The lowest BCUT2D eigenvalue weighted by Gasteiger charge is -2.23. The Morgan fingerprint density at radius 2 is 1.27 bits per heavy atom. The van der Waals surface area contributed by atoms with E-state index in [1.54, 1.807) is 57.2 Å². The van der Waals surface area contributed by atoms with Crippen LogP contribution >= 0.6 is 0 Å². The number of amides is 1. The van der Waals surface area contributed by atoms with Crippen molar-refractivity contribution in [1.29, 1.82) is 0 Å². The van der Waals surface area contributed by atoms with E-state index in [1.807, 2.05) is 24.3 Å². The highest BCUT2D eigenvalue weighted by Gasteiger charge is 2.28. The van der Waals surface area contributed by atoms with E-state index in [2.05, 4.69) is 40.8 Å². The average Bonchev–Trinajstić information content (AvgIpc) is 2.96. The Morgan fingerprint density at radius 3 is 1.68 bits per heavy atom. The summed E-state index contributed by atoms with van der Waals surface area (Å²) in [4.78, 5) is 25.5. The van der Waals surface area contributed by atoms with Crippen LogP contribution in [0.1, 0.15) is 65.8 Å². The van der Waals surface area contributed by atoms with Crippen molar-refractivity contribution in [1.82, 2.24) is 5.32 Å². The molecule has 0 aromatic heterocycles. The number of nitrogens with one attached hydrogen (secondary N) is 1. The van der Waals surface area contributed by atoms with Gasteiger partial charge in [0.15, 0.2) is 6.04 Å². The fourth-order valence-corrected chi connectivity index (χ4v) is 3.70. The van der Waals surface area contributed by atoms with E-state index in [-0.39, 0.29) is 0 Å². The van der Waals surface area contributed by atoms with Crippen LogP contribution in [0, 0.1) is 48.4 Å². The Kier molecular flexibility index (Phi) is 9.86. The van der Waals surface area contributed by atoms with Crippen molar-refractivity contribution in [3.63, 3.8) is 0 Å². The zero-order valence-corrected chi connectivity index (χ0v) is 23.5. The molecule has 0 aliphatic heterocycles. The van der Waals surface area contributed by atoms with E-state index >= 15 is 0 Å². The van der Waals surface area contributed by atoms with Gasteiger partial charge < -0.3 is 19.5 Å². The van der Waals surface area contributed by atoms with Gasteiger partial charge >= 0.3 is 12.1 Å². The van der Waals surface area contributed by atoms with Gasteiger partial charge in [0, 0.05) is 22.3 Å². The fraction of sp³-hybridized carbons (Fsp3) is 0.200. The first-order valence-corrected chi connectivity index (χ1v) is 12.5. The first-order valence-electron chi connectivity index (χ1n) is 12.5. The maximum absolute atomic E-state index is 12.9. The van der Waals surface area contributed by atoms with E-state index in [4.69, 9.17) is 27.1 Å². The van der Waals surface area contributed by atoms with Crippen molar-refractivity contribution in [2.45, 2.75) is 32.4 Å². The summed E-state index contributed by atoms with van der Waals surface area (Å²) in [5.74, 6) is 17.2. The topological polar surface area (TPSA) is 73.9 Å². The van der Waals surface area contributed by atoms with Crippen LogP contribution in [0.2, 0.25) is 0 Å². The minimum atomic E-state index is -1.21. The van der Waals surface area contributed by atoms with E-state index < -0.39 is 23.7 Å². The van der Waals surface area contributed by atoms with Crippen LogP contribution in [-0.2, 0) is 14.3 Å². The smallest absolute Gasteiger partial charge is 0.408 e. The highest BCUT2D eigenvalue weighted by atomic mass is 16.6. The largest absolute Gasteiger partial charge is 0.494 e. The molecule has 0 saturated heterocycles. The number of carbonyl (C=O) groups excluding carboxylic acids is 2. The molecule has 0 unspecified atom stereocenters. The number of terminal acetylenes is 2. The third-order valence-electron chi connectivity index (χ3n) is 5.49. The third-order valence-corrected chi connectivity index (χ3v) is 5.49. The van der Waals surface area contributed by atoms with Crippen LogP contribution in [0.25, 0.3) is 0 Å². The summed E-state index contributed by atoms with van der Waals surface area (Å²) in [7, 11) is 2.73. The molecule has 3 rings (SSSR count). The molecule has 6 heteroatoms. The summed E-state index contributed by atoms with van der Waals surface area (Å²) in [6, 6.07) is 16.5. The third kappa shape index (κ3) is 8.46. The van der Waals surface area contributed by atoms with Gasteiger partial charge in [-0.2, -0.15) is 0 Å². The van der Waals surface area contributed by atoms with Crippen molar-refractivity contribution < 1.29 is 23.8 Å². The van der Waals surface area contributed by atoms with Crippen molar-refractivity contribution in [3.05, 3.63) is 99.6 Å². The second-order valence-corrected chi connectivity index (χ2v) is 9.70. The summed E-state index contributed by atoms with van der Waals surface area (Å²) in [5.41, 5.74) is 3.18. The molecule has 0 saturated carbocycles. The van der Waals surface area contributed by atoms with E-state index in [0.29, 0.717) is 44.7 Å². The normalized spacial score (nSPS) is 10.7. The SMILES string of the molecule is C#Cc1cccc(C#Cc2cc([C@@H](NC(=O)OC(C)(C)C)C(=O)OC)cc(C#Cc3cccc(C#C)c3)c2OC)c1. The lowest BCUT2D eigenvalue weighted by Crippen LogP contribution is -2.38. The molecule has 1 atom stereocenters.